The average molecular weight is 418 g/mol. The first-order valence-electron chi connectivity index (χ1n) is 9.16. The van der Waals surface area contributed by atoms with E-state index < -0.39 is 0 Å². The molecule has 1 amide bonds. The molecule has 2 aliphatic carbocycles. The van der Waals surface area contributed by atoms with Gasteiger partial charge in [-0.1, -0.05) is 36.7 Å². The molecule has 2 fully saturated rings. The largest absolute Gasteiger partial charge is 0.351 e. The van der Waals surface area contributed by atoms with E-state index in [9.17, 15) is 9.59 Å². The van der Waals surface area contributed by atoms with Crippen molar-refractivity contribution in [3.05, 3.63) is 39.4 Å². The molecule has 1 aromatic heterocycles. The van der Waals surface area contributed by atoms with Crippen LogP contribution in [0.1, 0.15) is 40.0 Å². The van der Waals surface area contributed by atoms with Gasteiger partial charge in [-0.05, 0) is 54.2 Å². The maximum Gasteiger partial charge on any atom is 0.261 e. The van der Waals surface area contributed by atoms with Crippen LogP contribution in [-0.4, -0.2) is 21.5 Å². The van der Waals surface area contributed by atoms with Gasteiger partial charge in [0.15, 0.2) is 0 Å². The molecule has 1 heterocycles. The quantitative estimate of drug-likeness (QED) is 0.830. The Morgan fingerprint density at radius 3 is 2.81 bits per heavy atom. The molecule has 26 heavy (non-hydrogen) atoms. The fourth-order valence-electron chi connectivity index (χ4n) is 5.06. The van der Waals surface area contributed by atoms with Crippen molar-refractivity contribution >= 4 is 32.7 Å². The summed E-state index contributed by atoms with van der Waals surface area (Å²) in [5.74, 6) is 0.554. The molecule has 1 aromatic carbocycles. The van der Waals surface area contributed by atoms with Gasteiger partial charge in [-0.15, -0.1) is 0 Å². The Kier molecular flexibility index (Phi) is 4.03. The highest BCUT2D eigenvalue weighted by molar-refractivity contribution is 9.10. The molecule has 138 valence electrons. The Bertz CT molecular complexity index is 952. The molecule has 4 rings (SSSR count). The summed E-state index contributed by atoms with van der Waals surface area (Å²) in [6.07, 6.45) is 4.90. The third-order valence-corrected chi connectivity index (χ3v) is 7.72. The van der Waals surface area contributed by atoms with Gasteiger partial charge in [-0.2, -0.15) is 0 Å². The predicted octanol–water partition coefficient (Wildman–Crippen LogP) is 3.49. The van der Waals surface area contributed by atoms with Crippen LogP contribution in [0.2, 0.25) is 0 Å². The second kappa shape index (κ2) is 5.91. The second-order valence-corrected chi connectivity index (χ2v) is 9.49. The summed E-state index contributed by atoms with van der Waals surface area (Å²) >= 11 is 3.38. The van der Waals surface area contributed by atoms with Crippen molar-refractivity contribution < 1.29 is 4.79 Å². The summed E-state index contributed by atoms with van der Waals surface area (Å²) in [6, 6.07) is 5.58. The number of rotatable bonds is 3. The summed E-state index contributed by atoms with van der Waals surface area (Å²) < 4.78 is 2.22. The number of carbonyl (C=O) groups excluding carboxylic acids is 1. The number of fused-ring (bicyclic) bond motifs is 3. The zero-order valence-corrected chi connectivity index (χ0v) is 17.0. The number of nitrogens with one attached hydrogen (secondary N) is 1. The summed E-state index contributed by atoms with van der Waals surface area (Å²) in [5.41, 5.74) is 0.826. The van der Waals surface area contributed by atoms with Gasteiger partial charge in [0, 0.05) is 10.5 Å². The Morgan fingerprint density at radius 1 is 1.38 bits per heavy atom. The van der Waals surface area contributed by atoms with Crippen molar-refractivity contribution in [2.24, 2.45) is 16.7 Å². The average Bonchev–Trinajstić information content (AvgIpc) is 2.91. The number of benzene rings is 1. The van der Waals surface area contributed by atoms with Crippen LogP contribution in [0.4, 0.5) is 0 Å². The standard InChI is InChI=1S/C20H24BrN3O2/c1-19(2)12-6-7-20(19,3)16(8-12)23-17(25)10-24-11-22-15-5-4-13(21)9-14(15)18(24)26/h4-5,9,11-12,16H,6-8,10H2,1-3H3,(H,23,25)/t12-,16+,20-/m0/s1. The lowest BCUT2D eigenvalue weighted by atomic mass is 9.69. The zero-order chi connectivity index (χ0) is 18.7. The fourth-order valence-corrected chi connectivity index (χ4v) is 5.42. The summed E-state index contributed by atoms with van der Waals surface area (Å²) in [5, 5.41) is 3.72. The normalized spacial score (nSPS) is 29.2. The molecule has 2 bridgehead atoms. The van der Waals surface area contributed by atoms with Crippen molar-refractivity contribution in [2.45, 2.75) is 52.6 Å². The van der Waals surface area contributed by atoms with Gasteiger partial charge in [0.25, 0.3) is 5.56 Å². The number of halogens is 1. The van der Waals surface area contributed by atoms with Gasteiger partial charge in [0.2, 0.25) is 5.91 Å². The minimum Gasteiger partial charge on any atom is -0.351 e. The van der Waals surface area contributed by atoms with Gasteiger partial charge in [-0.3, -0.25) is 14.2 Å². The number of amides is 1. The van der Waals surface area contributed by atoms with Crippen molar-refractivity contribution in [1.82, 2.24) is 14.9 Å². The van der Waals surface area contributed by atoms with Crippen molar-refractivity contribution in [2.75, 3.05) is 0 Å². The molecule has 0 spiro atoms. The van der Waals surface area contributed by atoms with Gasteiger partial charge in [0.1, 0.15) is 6.54 Å². The molecule has 0 unspecified atom stereocenters. The van der Waals surface area contributed by atoms with Crippen molar-refractivity contribution in [3.63, 3.8) is 0 Å². The van der Waals surface area contributed by atoms with Crippen LogP contribution < -0.4 is 10.9 Å². The third kappa shape index (κ3) is 2.53. The Morgan fingerprint density at radius 2 is 2.15 bits per heavy atom. The van der Waals surface area contributed by atoms with Gasteiger partial charge in [-0.25, -0.2) is 4.98 Å². The first-order chi connectivity index (χ1) is 12.2. The number of carbonyl (C=O) groups is 1. The Labute approximate surface area is 161 Å². The van der Waals surface area contributed by atoms with Crippen LogP contribution in [-0.2, 0) is 11.3 Å². The third-order valence-electron chi connectivity index (χ3n) is 7.23. The summed E-state index contributed by atoms with van der Waals surface area (Å²) in [4.78, 5) is 29.6. The first-order valence-corrected chi connectivity index (χ1v) is 9.96. The Balaban J connectivity index is 1.54. The van der Waals surface area contributed by atoms with Gasteiger partial charge >= 0.3 is 0 Å². The van der Waals surface area contributed by atoms with E-state index in [1.807, 2.05) is 6.07 Å². The highest BCUT2D eigenvalue weighted by atomic mass is 79.9. The molecule has 2 aromatic rings. The van der Waals surface area contributed by atoms with Gasteiger partial charge < -0.3 is 5.32 Å². The smallest absolute Gasteiger partial charge is 0.261 e. The van der Waals surface area contributed by atoms with E-state index in [2.05, 4.69) is 47.0 Å². The first kappa shape index (κ1) is 17.7. The molecule has 0 radical (unpaired) electrons. The van der Waals surface area contributed by atoms with E-state index in [0.717, 1.165) is 17.3 Å². The van der Waals surface area contributed by atoms with Crippen LogP contribution in [0.15, 0.2) is 33.8 Å². The van der Waals surface area contributed by atoms with E-state index in [1.165, 1.54) is 17.3 Å². The van der Waals surface area contributed by atoms with Crippen LogP contribution in [0, 0.1) is 16.7 Å². The number of hydrogen-bond donors (Lipinski definition) is 1. The van der Waals surface area contributed by atoms with E-state index in [1.54, 1.807) is 12.1 Å². The van der Waals surface area contributed by atoms with Crippen LogP contribution in [0.25, 0.3) is 10.9 Å². The maximum atomic E-state index is 12.7. The topological polar surface area (TPSA) is 64.0 Å². The van der Waals surface area contributed by atoms with E-state index in [-0.39, 0.29) is 34.9 Å². The molecule has 3 atom stereocenters. The second-order valence-electron chi connectivity index (χ2n) is 8.57. The lowest BCUT2D eigenvalue weighted by molar-refractivity contribution is -0.123. The number of hydrogen-bond acceptors (Lipinski definition) is 3. The minimum absolute atomic E-state index is 0.00591. The van der Waals surface area contributed by atoms with Crippen molar-refractivity contribution in [1.29, 1.82) is 0 Å². The maximum absolute atomic E-state index is 12.7. The molecular formula is C20H24BrN3O2. The molecule has 6 heteroatoms. The highest BCUT2D eigenvalue weighted by Crippen LogP contribution is 2.65. The molecule has 0 aliphatic heterocycles. The minimum atomic E-state index is -0.189. The molecule has 5 nitrogen and oxygen atoms in total. The Hall–Kier alpha value is -1.69. The number of nitrogens with zero attached hydrogens (tertiary/aromatic N) is 2. The SMILES string of the molecule is CC1(C)[C@H]2CC[C@@]1(C)[C@H](NC(=O)Cn1cnc3ccc(Br)cc3c1=O)C2. The van der Waals surface area contributed by atoms with E-state index in [0.29, 0.717) is 16.8 Å². The van der Waals surface area contributed by atoms with Gasteiger partial charge in [0.05, 0.1) is 17.2 Å². The molecule has 2 aliphatic rings. The summed E-state index contributed by atoms with van der Waals surface area (Å²) in [7, 11) is 0. The van der Waals surface area contributed by atoms with Crippen LogP contribution >= 0.6 is 15.9 Å². The lowest BCUT2D eigenvalue weighted by Gasteiger charge is -2.39. The fraction of sp³-hybridized carbons (Fsp3) is 0.550. The summed E-state index contributed by atoms with van der Waals surface area (Å²) in [6.45, 7) is 6.96. The van der Waals surface area contributed by atoms with E-state index >= 15 is 0 Å². The lowest BCUT2D eigenvalue weighted by Crippen LogP contribution is -2.48. The molecular weight excluding hydrogens is 394 g/mol. The monoisotopic (exact) mass is 417 g/mol. The van der Waals surface area contributed by atoms with E-state index in [4.69, 9.17) is 0 Å². The van der Waals surface area contributed by atoms with Crippen molar-refractivity contribution in [3.8, 4) is 0 Å². The highest BCUT2D eigenvalue weighted by Gasteiger charge is 2.61. The molecule has 0 saturated heterocycles. The van der Waals surface area contributed by atoms with Crippen LogP contribution in [0.5, 0.6) is 0 Å². The predicted molar refractivity (Wildman–Crippen MR) is 105 cm³/mol. The zero-order valence-electron chi connectivity index (χ0n) is 15.4. The number of aromatic nitrogens is 2. The molecule has 1 N–H and O–H groups in total. The molecule has 2 saturated carbocycles. The van der Waals surface area contributed by atoms with Crippen LogP contribution in [0.3, 0.4) is 0 Å².